The largest absolute Gasteiger partial charge is 0.481 e. The summed E-state index contributed by atoms with van der Waals surface area (Å²) in [5, 5.41) is 12.5. The van der Waals surface area contributed by atoms with Crippen molar-refractivity contribution in [2.75, 3.05) is 5.32 Å². The number of benzene rings is 2. The predicted molar refractivity (Wildman–Crippen MR) is 117 cm³/mol. The van der Waals surface area contributed by atoms with E-state index in [0.717, 1.165) is 21.8 Å². The lowest BCUT2D eigenvalue weighted by molar-refractivity contribution is -0.136. The first-order chi connectivity index (χ1) is 15.2. The summed E-state index contributed by atoms with van der Waals surface area (Å²) in [6.45, 7) is 3.34. The van der Waals surface area contributed by atoms with Gasteiger partial charge < -0.3 is 10.4 Å². The van der Waals surface area contributed by atoms with E-state index in [1.165, 1.54) is 25.1 Å². The van der Waals surface area contributed by atoms with Crippen molar-refractivity contribution in [2.24, 2.45) is 0 Å². The Bertz CT molecular complexity index is 1450. The second-order valence-electron chi connectivity index (χ2n) is 7.24. The standard InChI is InChI=1S/C22H19FN4O4S/c1-13-9-10-24-22(25-13)26-16-4-6-17(7-5-16)32(30,31)27-14(2)18(12-21(28)29)19-11-15(23)3-8-20(19)27/h3-11H,12H2,1-2H3,(H,28,29)(H,24,25,26). The Kier molecular flexibility index (Phi) is 5.39. The third kappa shape index (κ3) is 3.92. The first kappa shape index (κ1) is 21.4. The third-order valence-electron chi connectivity index (χ3n) is 5.02. The van der Waals surface area contributed by atoms with E-state index in [1.54, 1.807) is 24.4 Å². The monoisotopic (exact) mass is 454 g/mol. The van der Waals surface area contributed by atoms with Crippen molar-refractivity contribution in [3.63, 3.8) is 0 Å². The number of halogens is 1. The van der Waals surface area contributed by atoms with Crippen molar-refractivity contribution in [2.45, 2.75) is 25.2 Å². The molecule has 10 heteroatoms. The number of aryl methyl sites for hydroxylation is 1. The molecule has 0 amide bonds. The highest BCUT2D eigenvalue weighted by atomic mass is 32.2. The van der Waals surface area contributed by atoms with Crippen LogP contribution < -0.4 is 5.32 Å². The second-order valence-corrected chi connectivity index (χ2v) is 9.02. The summed E-state index contributed by atoms with van der Waals surface area (Å²) in [4.78, 5) is 19.7. The van der Waals surface area contributed by atoms with Crippen LogP contribution in [0.5, 0.6) is 0 Å². The first-order valence-corrected chi connectivity index (χ1v) is 11.0. The van der Waals surface area contributed by atoms with Gasteiger partial charge in [-0.2, -0.15) is 0 Å². The zero-order chi connectivity index (χ0) is 23.0. The molecule has 2 aromatic heterocycles. The smallest absolute Gasteiger partial charge is 0.307 e. The highest BCUT2D eigenvalue weighted by Gasteiger charge is 2.26. The number of hydrogen-bond donors (Lipinski definition) is 2. The van der Waals surface area contributed by atoms with E-state index < -0.39 is 28.2 Å². The van der Waals surface area contributed by atoms with E-state index in [0.29, 0.717) is 11.6 Å². The number of fused-ring (bicyclic) bond motifs is 1. The van der Waals surface area contributed by atoms with Crippen LogP contribution in [0.4, 0.5) is 16.0 Å². The predicted octanol–water partition coefficient (Wildman–Crippen LogP) is 3.79. The van der Waals surface area contributed by atoms with Crippen LogP contribution >= 0.6 is 0 Å². The lowest BCUT2D eigenvalue weighted by atomic mass is 10.1. The van der Waals surface area contributed by atoms with E-state index in [9.17, 15) is 22.7 Å². The van der Waals surface area contributed by atoms with Gasteiger partial charge in [0.25, 0.3) is 10.0 Å². The molecule has 2 heterocycles. The topological polar surface area (TPSA) is 114 Å². The van der Waals surface area contributed by atoms with Gasteiger partial charge >= 0.3 is 5.97 Å². The van der Waals surface area contributed by atoms with Crippen molar-refractivity contribution >= 4 is 38.5 Å². The average molecular weight is 454 g/mol. The molecule has 164 valence electrons. The Hall–Kier alpha value is -3.79. The van der Waals surface area contributed by atoms with E-state index in [2.05, 4.69) is 15.3 Å². The molecule has 8 nitrogen and oxygen atoms in total. The lowest BCUT2D eigenvalue weighted by Gasteiger charge is -2.11. The molecule has 0 aliphatic heterocycles. The van der Waals surface area contributed by atoms with E-state index in [1.807, 2.05) is 6.92 Å². The molecule has 0 radical (unpaired) electrons. The van der Waals surface area contributed by atoms with E-state index in [-0.39, 0.29) is 27.1 Å². The molecule has 0 bridgehead atoms. The highest BCUT2D eigenvalue weighted by Crippen LogP contribution is 2.31. The lowest BCUT2D eigenvalue weighted by Crippen LogP contribution is -2.15. The maximum absolute atomic E-state index is 13.8. The van der Waals surface area contributed by atoms with Crippen molar-refractivity contribution in [3.8, 4) is 0 Å². The zero-order valence-corrected chi connectivity index (χ0v) is 18.0. The van der Waals surface area contributed by atoms with Crippen molar-refractivity contribution in [3.05, 3.63) is 77.5 Å². The second kappa shape index (κ2) is 8.04. The zero-order valence-electron chi connectivity index (χ0n) is 17.2. The number of carboxylic acids is 1. The molecule has 4 aromatic rings. The van der Waals surface area contributed by atoms with Crippen molar-refractivity contribution in [1.82, 2.24) is 13.9 Å². The van der Waals surface area contributed by atoms with Crippen LogP contribution in [0.3, 0.4) is 0 Å². The third-order valence-corrected chi connectivity index (χ3v) is 6.83. The van der Waals surface area contributed by atoms with Gasteiger partial charge in [-0.3, -0.25) is 4.79 Å². The average Bonchev–Trinajstić information content (AvgIpc) is 2.99. The molecular weight excluding hydrogens is 435 g/mol. The Labute approximate surface area is 183 Å². The molecule has 2 N–H and O–H groups in total. The number of aromatic nitrogens is 3. The Morgan fingerprint density at radius 1 is 1.12 bits per heavy atom. The summed E-state index contributed by atoms with van der Waals surface area (Å²) >= 11 is 0. The minimum absolute atomic E-state index is 0.000546. The minimum atomic E-state index is -4.08. The molecule has 0 atom stereocenters. The van der Waals surface area contributed by atoms with Gasteiger partial charge in [-0.05, 0) is 67.9 Å². The summed E-state index contributed by atoms with van der Waals surface area (Å²) in [5.41, 5.74) is 2.08. The van der Waals surface area contributed by atoms with Crippen LogP contribution in [0.2, 0.25) is 0 Å². The Morgan fingerprint density at radius 2 is 1.84 bits per heavy atom. The van der Waals surface area contributed by atoms with Gasteiger partial charge in [0.05, 0.1) is 16.8 Å². The van der Waals surface area contributed by atoms with Gasteiger partial charge in [-0.1, -0.05) is 0 Å². The number of carbonyl (C=O) groups is 1. The summed E-state index contributed by atoms with van der Waals surface area (Å²) in [6, 6.07) is 11.4. The molecule has 0 spiro atoms. The minimum Gasteiger partial charge on any atom is -0.481 e. The fourth-order valence-electron chi connectivity index (χ4n) is 3.56. The fourth-order valence-corrected chi connectivity index (χ4v) is 5.14. The van der Waals surface area contributed by atoms with Gasteiger partial charge in [0.15, 0.2) is 0 Å². The molecule has 32 heavy (non-hydrogen) atoms. The number of anilines is 2. The highest BCUT2D eigenvalue weighted by molar-refractivity contribution is 7.90. The molecule has 0 aliphatic rings. The summed E-state index contributed by atoms with van der Waals surface area (Å²) in [6.07, 6.45) is 1.19. The maximum atomic E-state index is 13.8. The van der Waals surface area contributed by atoms with Crippen molar-refractivity contribution in [1.29, 1.82) is 0 Å². The summed E-state index contributed by atoms with van der Waals surface area (Å²) < 4.78 is 41.8. The van der Waals surface area contributed by atoms with Crippen LogP contribution in [-0.2, 0) is 21.2 Å². The Balaban J connectivity index is 1.76. The maximum Gasteiger partial charge on any atom is 0.307 e. The van der Waals surface area contributed by atoms with Crippen LogP contribution in [0, 0.1) is 19.7 Å². The summed E-state index contributed by atoms with van der Waals surface area (Å²) in [5.74, 6) is -1.33. The number of aliphatic carboxylic acids is 1. The molecule has 0 saturated heterocycles. The van der Waals surface area contributed by atoms with Gasteiger partial charge in [0, 0.05) is 28.7 Å². The normalized spacial score (nSPS) is 11.6. The molecule has 4 rings (SSSR count). The van der Waals surface area contributed by atoms with Gasteiger partial charge in [-0.25, -0.2) is 26.7 Å². The van der Waals surface area contributed by atoms with Crippen LogP contribution in [-0.4, -0.2) is 33.4 Å². The molecule has 2 aromatic carbocycles. The number of hydrogen-bond acceptors (Lipinski definition) is 6. The van der Waals surface area contributed by atoms with Crippen LogP contribution in [0.1, 0.15) is 17.0 Å². The molecule has 0 fully saturated rings. The number of carboxylic acid groups (broad SMARTS) is 1. The van der Waals surface area contributed by atoms with E-state index >= 15 is 0 Å². The molecule has 0 aliphatic carbocycles. The first-order valence-electron chi connectivity index (χ1n) is 9.60. The van der Waals surface area contributed by atoms with Crippen molar-refractivity contribution < 1.29 is 22.7 Å². The van der Waals surface area contributed by atoms with E-state index in [4.69, 9.17) is 0 Å². The number of rotatable bonds is 6. The SMILES string of the molecule is Cc1ccnc(Nc2ccc(S(=O)(=O)n3c(C)c(CC(=O)O)c4cc(F)ccc43)cc2)n1. The Morgan fingerprint density at radius 3 is 2.50 bits per heavy atom. The number of nitrogens with zero attached hydrogens (tertiary/aromatic N) is 3. The molecule has 0 unspecified atom stereocenters. The van der Waals surface area contributed by atoms with Crippen LogP contribution in [0.25, 0.3) is 10.9 Å². The van der Waals surface area contributed by atoms with Crippen LogP contribution in [0.15, 0.2) is 59.6 Å². The molecule has 0 saturated carbocycles. The summed E-state index contributed by atoms with van der Waals surface area (Å²) in [7, 11) is -4.08. The quantitative estimate of drug-likeness (QED) is 0.455. The molecular formula is C22H19FN4O4S. The van der Waals surface area contributed by atoms with Gasteiger partial charge in [0.1, 0.15) is 5.82 Å². The van der Waals surface area contributed by atoms with Gasteiger partial charge in [0.2, 0.25) is 5.95 Å². The van der Waals surface area contributed by atoms with Gasteiger partial charge in [-0.15, -0.1) is 0 Å². The fraction of sp³-hybridized carbons (Fsp3) is 0.136. The number of nitrogens with one attached hydrogen (secondary N) is 1.